The highest BCUT2D eigenvalue weighted by molar-refractivity contribution is 7.89. The van der Waals surface area contributed by atoms with Crippen molar-refractivity contribution in [2.24, 2.45) is 16.5 Å². The van der Waals surface area contributed by atoms with E-state index in [-0.39, 0.29) is 36.0 Å². The summed E-state index contributed by atoms with van der Waals surface area (Å²) in [6, 6.07) is 5.52. The summed E-state index contributed by atoms with van der Waals surface area (Å²) in [4.78, 5) is 40.5. The average Bonchev–Trinajstić information content (AvgIpc) is 3.30. The summed E-state index contributed by atoms with van der Waals surface area (Å²) in [5, 5.41) is 11.9. The van der Waals surface area contributed by atoms with Crippen LogP contribution in [0.4, 0.5) is 0 Å². The van der Waals surface area contributed by atoms with Gasteiger partial charge in [-0.2, -0.15) is 4.31 Å². The number of carbonyl (C=O) groups excluding carboxylic acids is 2. The van der Waals surface area contributed by atoms with Gasteiger partial charge in [0.2, 0.25) is 15.9 Å². The standard InChI is InChI=1S/C22H33N5O6S/c23-22(24)25-14-6-2-3-8-16(28)12-13-18(21(30)31)26-20(29)19-11-7-15-27(19)34(32,33)17-9-4-1-5-10-17/h1,4-5,9-10,18-19H,2-3,6-8,11-15H2,(H,26,29)(H,30,31)(H4,23,24,25)/t18-,19-/m0/s1. The van der Waals surface area contributed by atoms with Gasteiger partial charge in [-0.3, -0.25) is 14.6 Å². The van der Waals surface area contributed by atoms with E-state index in [1.165, 1.54) is 12.1 Å². The molecule has 188 valence electrons. The lowest BCUT2D eigenvalue weighted by Gasteiger charge is -2.25. The van der Waals surface area contributed by atoms with Crippen LogP contribution in [0, 0.1) is 0 Å². The molecule has 0 saturated carbocycles. The van der Waals surface area contributed by atoms with E-state index in [0.29, 0.717) is 32.2 Å². The number of hydrogen-bond donors (Lipinski definition) is 4. The highest BCUT2D eigenvalue weighted by Crippen LogP contribution is 2.26. The zero-order chi connectivity index (χ0) is 25.1. The maximum atomic E-state index is 12.9. The van der Waals surface area contributed by atoms with Crippen LogP contribution in [0.25, 0.3) is 0 Å². The van der Waals surface area contributed by atoms with Crippen LogP contribution < -0.4 is 16.8 Å². The van der Waals surface area contributed by atoms with Crippen molar-refractivity contribution >= 4 is 33.6 Å². The number of nitrogens with one attached hydrogen (secondary N) is 1. The summed E-state index contributed by atoms with van der Waals surface area (Å²) in [5.41, 5.74) is 10.5. The predicted molar refractivity (Wildman–Crippen MR) is 126 cm³/mol. The van der Waals surface area contributed by atoms with Gasteiger partial charge in [-0.1, -0.05) is 24.6 Å². The molecule has 1 aliphatic rings. The van der Waals surface area contributed by atoms with Gasteiger partial charge in [0.1, 0.15) is 17.9 Å². The zero-order valence-electron chi connectivity index (χ0n) is 19.1. The Balaban J connectivity index is 1.87. The van der Waals surface area contributed by atoms with Gasteiger partial charge in [0, 0.05) is 25.9 Å². The van der Waals surface area contributed by atoms with Crippen molar-refractivity contribution in [1.29, 1.82) is 0 Å². The number of Topliss-reactive ketones (excluding diaryl/α,β-unsaturated/α-hetero) is 1. The molecular weight excluding hydrogens is 462 g/mol. The first-order valence-corrected chi connectivity index (χ1v) is 12.7. The molecule has 2 rings (SSSR count). The van der Waals surface area contributed by atoms with Gasteiger partial charge in [-0.05, 0) is 44.2 Å². The summed E-state index contributed by atoms with van der Waals surface area (Å²) >= 11 is 0. The van der Waals surface area contributed by atoms with Crippen molar-refractivity contribution < 1.29 is 27.9 Å². The number of aliphatic carboxylic acids is 1. The highest BCUT2D eigenvalue weighted by Gasteiger charge is 2.40. The van der Waals surface area contributed by atoms with E-state index < -0.39 is 34.0 Å². The van der Waals surface area contributed by atoms with Gasteiger partial charge in [0.25, 0.3) is 0 Å². The number of hydrogen-bond acceptors (Lipinski definition) is 6. The molecule has 1 fully saturated rings. The number of carbonyl (C=O) groups is 3. The van der Waals surface area contributed by atoms with Gasteiger partial charge in [-0.15, -0.1) is 0 Å². The molecule has 2 atom stereocenters. The molecule has 34 heavy (non-hydrogen) atoms. The number of unbranched alkanes of at least 4 members (excludes halogenated alkanes) is 2. The molecule has 1 aromatic carbocycles. The maximum absolute atomic E-state index is 12.9. The lowest BCUT2D eigenvalue weighted by atomic mass is 10.0. The van der Waals surface area contributed by atoms with Crippen molar-refractivity contribution in [3.05, 3.63) is 30.3 Å². The number of nitrogens with zero attached hydrogens (tertiary/aromatic N) is 2. The normalized spacial score (nSPS) is 17.1. The first-order chi connectivity index (χ1) is 16.1. The summed E-state index contributed by atoms with van der Waals surface area (Å²) in [6.45, 7) is 0.663. The Kier molecular flexibility index (Phi) is 10.5. The van der Waals surface area contributed by atoms with E-state index in [2.05, 4.69) is 10.3 Å². The zero-order valence-corrected chi connectivity index (χ0v) is 19.9. The molecule has 1 amide bonds. The first kappa shape index (κ1) is 27.3. The number of rotatable bonds is 14. The monoisotopic (exact) mass is 495 g/mol. The van der Waals surface area contributed by atoms with E-state index in [0.717, 1.165) is 17.1 Å². The second kappa shape index (κ2) is 13.0. The van der Waals surface area contributed by atoms with Crippen LogP contribution in [0.5, 0.6) is 0 Å². The van der Waals surface area contributed by atoms with Crippen LogP contribution in [0.3, 0.4) is 0 Å². The Morgan fingerprint density at radius 1 is 1.12 bits per heavy atom. The number of nitrogens with two attached hydrogens (primary N) is 2. The van der Waals surface area contributed by atoms with Gasteiger partial charge >= 0.3 is 5.97 Å². The molecule has 1 saturated heterocycles. The molecule has 0 radical (unpaired) electrons. The molecule has 6 N–H and O–H groups in total. The molecule has 0 bridgehead atoms. The quantitative estimate of drug-likeness (QED) is 0.164. The summed E-state index contributed by atoms with van der Waals surface area (Å²) in [5.74, 6) is -2.02. The molecule has 0 aliphatic carbocycles. The third-order valence-corrected chi connectivity index (χ3v) is 7.51. The smallest absolute Gasteiger partial charge is 0.326 e. The minimum atomic E-state index is -3.89. The van der Waals surface area contributed by atoms with Gasteiger partial charge in [0.15, 0.2) is 5.96 Å². The lowest BCUT2D eigenvalue weighted by molar-refractivity contribution is -0.142. The number of carboxylic acid groups (broad SMARTS) is 1. The fraction of sp³-hybridized carbons (Fsp3) is 0.545. The number of sulfonamides is 1. The van der Waals surface area contributed by atoms with E-state index >= 15 is 0 Å². The fourth-order valence-corrected chi connectivity index (χ4v) is 5.47. The topological polar surface area (TPSA) is 185 Å². The third-order valence-electron chi connectivity index (χ3n) is 5.59. The van der Waals surface area contributed by atoms with Gasteiger partial charge < -0.3 is 21.9 Å². The SMILES string of the molecule is NC(N)=NCCCCCC(=O)CC[C@H](NC(=O)[C@@H]1CCCN1S(=O)(=O)c1ccccc1)C(=O)O. The summed E-state index contributed by atoms with van der Waals surface area (Å²) in [6.07, 6.45) is 3.16. The van der Waals surface area contributed by atoms with E-state index in [1.807, 2.05) is 0 Å². The summed E-state index contributed by atoms with van der Waals surface area (Å²) in [7, 11) is -3.89. The number of ketones is 1. The Morgan fingerprint density at radius 2 is 1.82 bits per heavy atom. The minimum absolute atomic E-state index is 0.00183. The summed E-state index contributed by atoms with van der Waals surface area (Å²) < 4.78 is 27.0. The Morgan fingerprint density at radius 3 is 2.47 bits per heavy atom. The highest BCUT2D eigenvalue weighted by atomic mass is 32.2. The fourth-order valence-electron chi connectivity index (χ4n) is 3.79. The lowest BCUT2D eigenvalue weighted by Crippen LogP contribution is -2.50. The number of amides is 1. The molecule has 1 heterocycles. The Bertz CT molecular complexity index is 979. The van der Waals surface area contributed by atoms with Crippen molar-refractivity contribution in [1.82, 2.24) is 9.62 Å². The minimum Gasteiger partial charge on any atom is -0.480 e. The van der Waals surface area contributed by atoms with Crippen molar-refractivity contribution in [3.63, 3.8) is 0 Å². The molecule has 1 aromatic rings. The number of guanidine groups is 1. The number of aliphatic imine (C=N–C) groups is 1. The van der Waals surface area contributed by atoms with Crippen LogP contribution in [0.15, 0.2) is 40.2 Å². The Labute approximate surface area is 199 Å². The number of benzene rings is 1. The molecule has 11 nitrogen and oxygen atoms in total. The molecular formula is C22H33N5O6S. The van der Waals surface area contributed by atoms with Crippen LogP contribution in [-0.4, -0.2) is 66.6 Å². The van der Waals surface area contributed by atoms with Gasteiger partial charge in [-0.25, -0.2) is 13.2 Å². The molecule has 0 spiro atoms. The molecule has 0 unspecified atom stereocenters. The van der Waals surface area contributed by atoms with Crippen LogP contribution in [-0.2, 0) is 24.4 Å². The molecule has 1 aliphatic heterocycles. The van der Waals surface area contributed by atoms with E-state index in [1.54, 1.807) is 18.2 Å². The average molecular weight is 496 g/mol. The second-order valence-electron chi connectivity index (χ2n) is 8.18. The van der Waals surface area contributed by atoms with Crippen LogP contribution in [0.2, 0.25) is 0 Å². The van der Waals surface area contributed by atoms with Crippen molar-refractivity contribution in [3.8, 4) is 0 Å². The van der Waals surface area contributed by atoms with Crippen LogP contribution in [0.1, 0.15) is 51.4 Å². The molecule has 12 heteroatoms. The van der Waals surface area contributed by atoms with E-state index in [4.69, 9.17) is 11.5 Å². The van der Waals surface area contributed by atoms with E-state index in [9.17, 15) is 27.9 Å². The van der Waals surface area contributed by atoms with Crippen molar-refractivity contribution in [2.45, 2.75) is 68.3 Å². The number of carboxylic acids is 1. The molecule has 0 aromatic heterocycles. The Hall–Kier alpha value is -2.99. The van der Waals surface area contributed by atoms with Crippen molar-refractivity contribution in [2.75, 3.05) is 13.1 Å². The second-order valence-corrected chi connectivity index (χ2v) is 10.1. The third kappa shape index (κ3) is 8.10. The maximum Gasteiger partial charge on any atom is 0.326 e. The predicted octanol–water partition coefficient (Wildman–Crippen LogP) is 0.592. The first-order valence-electron chi connectivity index (χ1n) is 11.3. The van der Waals surface area contributed by atoms with Gasteiger partial charge in [0.05, 0.1) is 4.90 Å². The largest absolute Gasteiger partial charge is 0.480 e. The van der Waals surface area contributed by atoms with Crippen LogP contribution >= 0.6 is 0 Å².